The Bertz CT molecular complexity index is 541. The van der Waals surface area contributed by atoms with Crippen LogP contribution in [-0.2, 0) is 4.79 Å². The summed E-state index contributed by atoms with van der Waals surface area (Å²) < 4.78 is 0. The van der Waals surface area contributed by atoms with E-state index in [1.165, 1.54) is 0 Å². The largest absolute Gasteiger partial charge is 0.395 e. The van der Waals surface area contributed by atoms with E-state index in [1.54, 1.807) is 0 Å². The summed E-state index contributed by atoms with van der Waals surface area (Å²) in [5, 5.41) is 11.8. The summed E-state index contributed by atoms with van der Waals surface area (Å²) in [6.45, 7) is 4.18. The molecule has 0 radical (unpaired) electrons. The van der Waals surface area contributed by atoms with Crippen molar-refractivity contribution in [3.8, 4) is 11.8 Å². The van der Waals surface area contributed by atoms with E-state index in [-0.39, 0.29) is 24.5 Å². The maximum Gasteiger partial charge on any atom is 0.223 e. The number of carbonyl (C=O) groups is 1. The van der Waals surface area contributed by atoms with Crippen LogP contribution in [0.15, 0.2) is 24.3 Å². The number of hydrogen-bond acceptors (Lipinski definition) is 2. The van der Waals surface area contributed by atoms with E-state index in [0.717, 1.165) is 17.5 Å². The zero-order chi connectivity index (χ0) is 14.5. The van der Waals surface area contributed by atoms with Crippen LogP contribution in [0.5, 0.6) is 0 Å². The van der Waals surface area contributed by atoms with Crippen LogP contribution in [0.3, 0.4) is 0 Å². The first-order chi connectivity index (χ1) is 9.61. The Morgan fingerprint density at radius 2 is 2.30 bits per heavy atom. The van der Waals surface area contributed by atoms with Gasteiger partial charge in [-0.05, 0) is 37.0 Å². The second-order valence-corrected chi connectivity index (χ2v) is 5.45. The van der Waals surface area contributed by atoms with E-state index in [9.17, 15) is 4.79 Å². The molecule has 20 heavy (non-hydrogen) atoms. The Balaban J connectivity index is 1.99. The second-order valence-electron chi connectivity index (χ2n) is 5.45. The van der Waals surface area contributed by atoms with Crippen LogP contribution in [0.25, 0.3) is 0 Å². The third-order valence-corrected chi connectivity index (χ3v) is 3.66. The summed E-state index contributed by atoms with van der Waals surface area (Å²) in [6.07, 6.45) is 1.49. The minimum Gasteiger partial charge on any atom is -0.395 e. The van der Waals surface area contributed by atoms with Gasteiger partial charge < -0.3 is 10.4 Å². The molecule has 3 heteroatoms. The number of carbonyl (C=O) groups excluding carboxylic acids is 1. The van der Waals surface area contributed by atoms with Crippen molar-refractivity contribution in [1.82, 2.24) is 5.32 Å². The van der Waals surface area contributed by atoms with Gasteiger partial charge in [-0.25, -0.2) is 0 Å². The molecule has 0 aliphatic heterocycles. The highest BCUT2D eigenvalue weighted by Gasteiger charge is 2.39. The summed E-state index contributed by atoms with van der Waals surface area (Å²) in [5.74, 6) is 6.80. The Labute approximate surface area is 120 Å². The number of amides is 1. The van der Waals surface area contributed by atoms with E-state index >= 15 is 0 Å². The van der Waals surface area contributed by atoms with Gasteiger partial charge in [0.2, 0.25) is 5.91 Å². The van der Waals surface area contributed by atoms with E-state index in [2.05, 4.69) is 24.1 Å². The number of hydrogen-bond donors (Lipinski definition) is 2. The van der Waals surface area contributed by atoms with E-state index in [1.807, 2.05) is 31.2 Å². The molecule has 1 fully saturated rings. The molecule has 1 amide bonds. The summed E-state index contributed by atoms with van der Waals surface area (Å²) in [7, 11) is 0. The molecule has 3 nitrogen and oxygen atoms in total. The van der Waals surface area contributed by atoms with Crippen LogP contribution in [0.1, 0.15) is 43.9 Å². The van der Waals surface area contributed by atoms with Crippen molar-refractivity contribution in [1.29, 1.82) is 0 Å². The first-order valence-electron chi connectivity index (χ1n) is 7.12. The lowest BCUT2D eigenvalue weighted by atomic mass is 10.0. The van der Waals surface area contributed by atoms with Crippen molar-refractivity contribution >= 4 is 5.91 Å². The maximum absolute atomic E-state index is 11.9. The molecule has 0 heterocycles. The molecule has 1 aromatic rings. The van der Waals surface area contributed by atoms with Gasteiger partial charge in [0.05, 0.1) is 12.6 Å². The van der Waals surface area contributed by atoms with Crippen LogP contribution in [0.2, 0.25) is 0 Å². The van der Waals surface area contributed by atoms with Gasteiger partial charge in [-0.3, -0.25) is 4.79 Å². The predicted octanol–water partition coefficient (Wildman–Crippen LogP) is 2.25. The average Bonchev–Trinajstić information content (AvgIpc) is 3.17. The van der Waals surface area contributed by atoms with Gasteiger partial charge in [0.1, 0.15) is 0 Å². The maximum atomic E-state index is 11.9. The van der Waals surface area contributed by atoms with Crippen LogP contribution in [0.4, 0.5) is 0 Å². The van der Waals surface area contributed by atoms with Crippen LogP contribution in [-0.4, -0.2) is 17.6 Å². The Morgan fingerprint density at radius 1 is 1.55 bits per heavy atom. The minimum atomic E-state index is -0.00473. The Kier molecular flexibility index (Phi) is 4.81. The lowest BCUT2D eigenvalue weighted by Crippen LogP contribution is -2.28. The molecule has 3 unspecified atom stereocenters. The molecule has 3 atom stereocenters. The third kappa shape index (κ3) is 3.85. The highest BCUT2D eigenvalue weighted by Crippen LogP contribution is 2.38. The molecule has 0 bridgehead atoms. The fourth-order valence-corrected chi connectivity index (χ4v) is 2.20. The minimum absolute atomic E-state index is 0.00473. The van der Waals surface area contributed by atoms with Gasteiger partial charge in [0, 0.05) is 17.9 Å². The van der Waals surface area contributed by atoms with Crippen molar-refractivity contribution in [2.45, 2.75) is 32.7 Å². The second kappa shape index (κ2) is 6.58. The number of aliphatic hydroxyl groups excluding tert-OH is 1. The molecule has 106 valence electrons. The zero-order valence-electron chi connectivity index (χ0n) is 12.0. The van der Waals surface area contributed by atoms with Crippen molar-refractivity contribution in [2.75, 3.05) is 6.61 Å². The first-order valence-corrected chi connectivity index (χ1v) is 7.12. The van der Waals surface area contributed by atoms with Crippen LogP contribution < -0.4 is 5.32 Å². The molecule has 1 saturated carbocycles. The number of nitrogens with one attached hydrogen (secondary N) is 1. The smallest absolute Gasteiger partial charge is 0.223 e. The summed E-state index contributed by atoms with van der Waals surface area (Å²) in [6, 6.07) is 7.87. The number of rotatable bonds is 4. The van der Waals surface area contributed by atoms with Crippen LogP contribution >= 0.6 is 0 Å². The van der Waals surface area contributed by atoms with Crippen molar-refractivity contribution < 1.29 is 9.90 Å². The van der Waals surface area contributed by atoms with Crippen molar-refractivity contribution in [3.05, 3.63) is 35.4 Å². The van der Waals surface area contributed by atoms with Gasteiger partial charge in [-0.1, -0.05) is 30.9 Å². The quantitative estimate of drug-likeness (QED) is 0.825. The fraction of sp³-hybridized carbons (Fsp3) is 0.471. The monoisotopic (exact) mass is 271 g/mol. The van der Waals surface area contributed by atoms with Gasteiger partial charge in [0.15, 0.2) is 0 Å². The molecule has 0 saturated heterocycles. The standard InChI is InChI=1S/C17H21NO2/c1-12-10-16(12)17(20)18-13(2)15-8-5-7-14(11-15)6-3-4-9-19/h5,7-8,11-13,16,19H,4,9-10H2,1-2H3,(H,18,20). The molecule has 1 aromatic carbocycles. The van der Waals surface area contributed by atoms with Gasteiger partial charge in [0.25, 0.3) is 0 Å². The number of benzene rings is 1. The van der Waals surface area contributed by atoms with Crippen molar-refractivity contribution in [2.24, 2.45) is 11.8 Å². The van der Waals surface area contributed by atoms with Gasteiger partial charge >= 0.3 is 0 Å². The third-order valence-electron chi connectivity index (χ3n) is 3.66. The summed E-state index contributed by atoms with van der Waals surface area (Å²) in [4.78, 5) is 11.9. The molecule has 0 spiro atoms. The van der Waals surface area contributed by atoms with E-state index < -0.39 is 0 Å². The topological polar surface area (TPSA) is 49.3 Å². The van der Waals surface area contributed by atoms with Gasteiger partial charge in [-0.15, -0.1) is 0 Å². The Hall–Kier alpha value is -1.79. The summed E-state index contributed by atoms with van der Waals surface area (Å²) in [5.41, 5.74) is 1.97. The van der Waals surface area contributed by atoms with Gasteiger partial charge in [-0.2, -0.15) is 0 Å². The van der Waals surface area contributed by atoms with E-state index in [4.69, 9.17) is 5.11 Å². The first kappa shape index (κ1) is 14.6. The highest BCUT2D eigenvalue weighted by molar-refractivity contribution is 5.81. The molecular weight excluding hydrogens is 250 g/mol. The Morgan fingerprint density at radius 3 is 2.95 bits per heavy atom. The van der Waals surface area contributed by atoms with Crippen molar-refractivity contribution in [3.63, 3.8) is 0 Å². The average molecular weight is 271 g/mol. The zero-order valence-corrected chi connectivity index (χ0v) is 12.0. The van der Waals surface area contributed by atoms with Crippen LogP contribution in [0, 0.1) is 23.7 Å². The molecule has 2 rings (SSSR count). The molecule has 0 aromatic heterocycles. The predicted molar refractivity (Wildman–Crippen MR) is 78.9 cm³/mol. The lowest BCUT2D eigenvalue weighted by Gasteiger charge is -2.14. The highest BCUT2D eigenvalue weighted by atomic mass is 16.2. The van der Waals surface area contributed by atoms with E-state index in [0.29, 0.717) is 12.3 Å². The molecular formula is C17H21NO2. The summed E-state index contributed by atoms with van der Waals surface area (Å²) >= 11 is 0. The molecule has 2 N–H and O–H groups in total. The lowest BCUT2D eigenvalue weighted by molar-refractivity contribution is -0.123. The number of aliphatic hydroxyl groups is 1. The molecule has 1 aliphatic rings. The normalized spacial score (nSPS) is 21.6. The molecule has 1 aliphatic carbocycles. The fourth-order valence-electron chi connectivity index (χ4n) is 2.20. The SMILES string of the molecule is CC(NC(=O)C1CC1C)c1cccc(C#CCCO)c1.